The van der Waals surface area contributed by atoms with Gasteiger partial charge in [-0.05, 0) is 37.3 Å². The van der Waals surface area contributed by atoms with Gasteiger partial charge in [0.15, 0.2) is 0 Å². The minimum atomic E-state index is -0.294. The van der Waals surface area contributed by atoms with E-state index in [9.17, 15) is 9.18 Å². The van der Waals surface area contributed by atoms with Crippen LogP contribution in [0.4, 0.5) is 4.39 Å². The molecule has 0 aliphatic heterocycles. The zero-order valence-corrected chi connectivity index (χ0v) is 11.5. The number of carbonyl (C=O) groups excluding carboxylic acids is 1. The van der Waals surface area contributed by atoms with Crippen LogP contribution in [0.3, 0.4) is 0 Å². The second kappa shape index (κ2) is 7.34. The molecule has 0 amide bonds. The Bertz CT molecular complexity index is 459. The second-order valence-electron chi connectivity index (χ2n) is 4.55. The largest absolute Gasteiger partial charge is 0.465 e. The Kier molecular flexibility index (Phi) is 5.45. The van der Waals surface area contributed by atoms with E-state index in [0.29, 0.717) is 17.4 Å². The average Bonchev–Trinajstić information content (AvgIpc) is 2.45. The van der Waals surface area contributed by atoms with Crippen molar-refractivity contribution in [3.63, 3.8) is 0 Å². The minimum absolute atomic E-state index is 0.156. The number of carbonyl (C=O) groups is 1. The van der Waals surface area contributed by atoms with Crippen molar-refractivity contribution in [3.8, 4) is 0 Å². The van der Waals surface area contributed by atoms with Gasteiger partial charge in [0.05, 0.1) is 12.4 Å². The molecule has 0 radical (unpaired) electrons. The first-order valence-electron chi connectivity index (χ1n) is 6.43. The number of benzene rings is 1. The molecule has 102 valence electrons. The predicted molar refractivity (Wildman–Crippen MR) is 74.6 cm³/mol. The number of hydrogen-bond donors (Lipinski definition) is 0. The maximum Gasteiger partial charge on any atom is 0.316 e. The number of ether oxygens (including phenoxy) is 1. The number of allylic oxidation sites excluding steroid dienone is 2. The van der Waals surface area contributed by atoms with Gasteiger partial charge in [-0.25, -0.2) is 4.39 Å². The summed E-state index contributed by atoms with van der Waals surface area (Å²) in [5.41, 5.74) is 0. The molecule has 0 saturated heterocycles. The summed E-state index contributed by atoms with van der Waals surface area (Å²) < 4.78 is 18.6. The molecule has 1 aliphatic carbocycles. The van der Waals surface area contributed by atoms with Crippen molar-refractivity contribution in [2.45, 2.75) is 24.2 Å². The van der Waals surface area contributed by atoms with Gasteiger partial charge >= 0.3 is 5.97 Å². The molecule has 2 rings (SSSR count). The summed E-state index contributed by atoms with van der Waals surface area (Å²) in [5.74, 6) is 0.0247. The van der Waals surface area contributed by atoms with E-state index in [1.165, 1.54) is 17.8 Å². The van der Waals surface area contributed by atoms with E-state index in [1.807, 2.05) is 0 Å². The van der Waals surface area contributed by atoms with Gasteiger partial charge in [0, 0.05) is 4.90 Å². The fraction of sp³-hybridized carbons (Fsp3) is 0.400. The lowest BCUT2D eigenvalue weighted by Crippen LogP contribution is -2.16. The third kappa shape index (κ3) is 4.71. The lowest BCUT2D eigenvalue weighted by molar-refractivity contribution is -0.141. The zero-order chi connectivity index (χ0) is 13.5. The molecular formula is C15H17FO2S. The molecule has 0 N–H and O–H groups in total. The van der Waals surface area contributed by atoms with Crippen molar-refractivity contribution in [2.24, 2.45) is 5.92 Å². The normalized spacial score (nSPS) is 18.3. The first-order valence-corrected chi connectivity index (χ1v) is 7.42. The van der Waals surface area contributed by atoms with Gasteiger partial charge < -0.3 is 4.74 Å². The van der Waals surface area contributed by atoms with E-state index in [1.54, 1.807) is 18.2 Å². The van der Waals surface area contributed by atoms with Crippen molar-refractivity contribution in [1.29, 1.82) is 0 Å². The van der Waals surface area contributed by atoms with Crippen LogP contribution in [0.5, 0.6) is 0 Å². The minimum Gasteiger partial charge on any atom is -0.465 e. The summed E-state index contributed by atoms with van der Waals surface area (Å²) >= 11 is 1.18. The molecule has 19 heavy (non-hydrogen) atoms. The number of rotatable bonds is 5. The van der Waals surface area contributed by atoms with Crippen molar-refractivity contribution in [2.75, 3.05) is 12.4 Å². The molecular weight excluding hydrogens is 263 g/mol. The zero-order valence-electron chi connectivity index (χ0n) is 10.7. The lowest BCUT2D eigenvalue weighted by atomic mass is 9.95. The van der Waals surface area contributed by atoms with Gasteiger partial charge in [0.25, 0.3) is 0 Å². The number of hydrogen-bond acceptors (Lipinski definition) is 3. The van der Waals surface area contributed by atoms with Crippen LogP contribution in [0.25, 0.3) is 0 Å². The summed E-state index contributed by atoms with van der Waals surface area (Å²) in [4.78, 5) is 12.1. The Morgan fingerprint density at radius 1 is 1.37 bits per heavy atom. The Hall–Kier alpha value is -1.29. The lowest BCUT2D eigenvalue weighted by Gasteiger charge is -2.17. The average molecular weight is 280 g/mol. The highest BCUT2D eigenvalue weighted by Gasteiger charge is 2.13. The summed E-state index contributed by atoms with van der Waals surface area (Å²) in [6, 6.07) is 6.45. The Labute approximate surface area is 117 Å². The van der Waals surface area contributed by atoms with Gasteiger partial charge in [-0.3, -0.25) is 4.79 Å². The fourth-order valence-electron chi connectivity index (χ4n) is 1.96. The van der Waals surface area contributed by atoms with Gasteiger partial charge in [-0.15, -0.1) is 11.8 Å². The Balaban J connectivity index is 1.70. The molecule has 1 unspecified atom stereocenters. The Morgan fingerprint density at radius 3 is 2.95 bits per heavy atom. The third-order valence-electron chi connectivity index (χ3n) is 3.04. The van der Waals surface area contributed by atoms with Crippen LogP contribution >= 0.6 is 11.8 Å². The van der Waals surface area contributed by atoms with Crippen molar-refractivity contribution >= 4 is 17.7 Å². The molecule has 0 bridgehead atoms. The maximum atomic E-state index is 13.3. The van der Waals surface area contributed by atoms with Crippen LogP contribution in [-0.4, -0.2) is 18.3 Å². The van der Waals surface area contributed by atoms with Gasteiger partial charge in [-0.2, -0.15) is 0 Å². The van der Waals surface area contributed by atoms with E-state index < -0.39 is 0 Å². The molecule has 0 saturated carbocycles. The molecule has 1 atom stereocenters. The smallest absolute Gasteiger partial charge is 0.316 e. The number of halogens is 1. The molecule has 0 fully saturated rings. The van der Waals surface area contributed by atoms with Gasteiger partial charge in [0.1, 0.15) is 5.82 Å². The van der Waals surface area contributed by atoms with Crippen LogP contribution in [-0.2, 0) is 9.53 Å². The van der Waals surface area contributed by atoms with Crippen LogP contribution in [0.1, 0.15) is 19.3 Å². The van der Waals surface area contributed by atoms with Crippen LogP contribution in [0.2, 0.25) is 0 Å². The predicted octanol–water partition coefficient (Wildman–Crippen LogP) is 3.82. The molecule has 1 aromatic carbocycles. The maximum absolute atomic E-state index is 13.3. The molecule has 0 aromatic heterocycles. The van der Waals surface area contributed by atoms with Crippen LogP contribution < -0.4 is 0 Å². The van der Waals surface area contributed by atoms with Crippen molar-refractivity contribution in [1.82, 2.24) is 0 Å². The van der Waals surface area contributed by atoms with E-state index in [0.717, 1.165) is 19.3 Å². The molecule has 0 spiro atoms. The molecule has 1 aromatic rings. The molecule has 1 aliphatic rings. The van der Waals surface area contributed by atoms with Crippen molar-refractivity contribution < 1.29 is 13.9 Å². The van der Waals surface area contributed by atoms with E-state index >= 15 is 0 Å². The summed E-state index contributed by atoms with van der Waals surface area (Å²) in [5, 5.41) is 0. The van der Waals surface area contributed by atoms with Gasteiger partial charge in [0.2, 0.25) is 0 Å². The first kappa shape index (κ1) is 14.1. The SMILES string of the molecule is O=C(CSc1ccccc1F)OCC1CC=CCC1. The summed E-state index contributed by atoms with van der Waals surface area (Å²) in [7, 11) is 0. The molecule has 4 heteroatoms. The highest BCUT2D eigenvalue weighted by Crippen LogP contribution is 2.22. The first-order chi connectivity index (χ1) is 9.25. The summed E-state index contributed by atoms with van der Waals surface area (Å²) in [6.45, 7) is 0.473. The van der Waals surface area contributed by atoms with E-state index in [2.05, 4.69) is 12.2 Å². The van der Waals surface area contributed by atoms with Crippen LogP contribution in [0, 0.1) is 11.7 Å². The van der Waals surface area contributed by atoms with E-state index in [-0.39, 0.29) is 17.5 Å². The van der Waals surface area contributed by atoms with Crippen LogP contribution in [0.15, 0.2) is 41.3 Å². The highest BCUT2D eigenvalue weighted by atomic mass is 32.2. The number of thioether (sulfide) groups is 1. The van der Waals surface area contributed by atoms with Crippen molar-refractivity contribution in [3.05, 3.63) is 42.2 Å². The fourth-order valence-corrected chi connectivity index (χ4v) is 2.70. The number of esters is 1. The second-order valence-corrected chi connectivity index (χ2v) is 5.57. The third-order valence-corrected chi connectivity index (χ3v) is 4.06. The summed E-state index contributed by atoms with van der Waals surface area (Å²) in [6.07, 6.45) is 7.41. The topological polar surface area (TPSA) is 26.3 Å². The molecule has 2 nitrogen and oxygen atoms in total. The highest BCUT2D eigenvalue weighted by molar-refractivity contribution is 8.00. The standard InChI is InChI=1S/C15H17FO2S/c16-13-8-4-5-9-14(13)19-11-15(17)18-10-12-6-2-1-3-7-12/h1-2,4-5,8-9,12H,3,6-7,10-11H2. The quantitative estimate of drug-likeness (QED) is 0.466. The molecule has 0 heterocycles. The van der Waals surface area contributed by atoms with E-state index in [4.69, 9.17) is 4.74 Å². The van der Waals surface area contributed by atoms with Gasteiger partial charge in [-0.1, -0.05) is 24.3 Å². The Morgan fingerprint density at radius 2 is 2.21 bits per heavy atom. The monoisotopic (exact) mass is 280 g/mol.